The molecule has 0 spiro atoms. The SMILES string of the molecule is COC1=C(C)C(=O)C2=C(C1=O)[C@H](COCc1ccccc1)N1C(=O)CN(C(=O)OC(C)C)C[C@@H]1C2. The number of ether oxygens (including phenoxy) is 3. The van der Waals surface area contributed by atoms with E-state index in [0.29, 0.717) is 5.57 Å². The van der Waals surface area contributed by atoms with E-state index in [1.165, 1.54) is 12.0 Å². The molecule has 0 saturated carbocycles. The minimum Gasteiger partial charge on any atom is -0.492 e. The number of hydrogen-bond donors (Lipinski definition) is 0. The Kier molecular flexibility index (Phi) is 7.07. The Hall–Kier alpha value is -3.46. The maximum absolute atomic E-state index is 13.4. The molecule has 1 aromatic carbocycles. The van der Waals surface area contributed by atoms with Gasteiger partial charge in [-0.3, -0.25) is 19.3 Å². The Morgan fingerprint density at radius 2 is 1.83 bits per heavy atom. The standard InChI is InChI=1S/C26H30N2O7/c1-15(2)35-26(32)27-11-18-10-19-22(24(31)25(33-4)16(3)23(19)30)20(28(18)21(29)12-27)14-34-13-17-8-6-5-7-9-17/h5-9,15,18,20H,10-14H2,1-4H3/t18-,20-/m0/s1. The largest absolute Gasteiger partial charge is 0.492 e. The molecule has 186 valence electrons. The highest BCUT2D eigenvalue weighted by Gasteiger charge is 2.49. The number of benzene rings is 1. The van der Waals surface area contributed by atoms with E-state index in [2.05, 4.69) is 0 Å². The van der Waals surface area contributed by atoms with Crippen molar-refractivity contribution in [2.75, 3.05) is 26.8 Å². The summed E-state index contributed by atoms with van der Waals surface area (Å²) in [5, 5.41) is 0. The molecule has 1 aliphatic carbocycles. The van der Waals surface area contributed by atoms with Gasteiger partial charge in [0, 0.05) is 23.3 Å². The maximum Gasteiger partial charge on any atom is 0.410 e. The molecule has 4 rings (SSSR count). The van der Waals surface area contributed by atoms with Gasteiger partial charge >= 0.3 is 6.09 Å². The summed E-state index contributed by atoms with van der Waals surface area (Å²) in [5.74, 6) is -1.02. The van der Waals surface area contributed by atoms with Crippen LogP contribution in [0.25, 0.3) is 0 Å². The van der Waals surface area contributed by atoms with Crippen LogP contribution in [0, 0.1) is 0 Å². The fourth-order valence-electron chi connectivity index (χ4n) is 4.95. The predicted octanol–water partition coefficient (Wildman–Crippen LogP) is 2.40. The first kappa shape index (κ1) is 24.7. The molecule has 0 bridgehead atoms. The number of fused-ring (bicyclic) bond motifs is 1. The van der Waals surface area contributed by atoms with E-state index in [1.807, 2.05) is 30.3 Å². The highest BCUT2D eigenvalue weighted by Crippen LogP contribution is 2.38. The van der Waals surface area contributed by atoms with Crippen LogP contribution in [0.5, 0.6) is 0 Å². The molecule has 1 aromatic rings. The molecule has 9 nitrogen and oxygen atoms in total. The second-order valence-corrected chi connectivity index (χ2v) is 9.20. The van der Waals surface area contributed by atoms with Crippen LogP contribution in [0.1, 0.15) is 32.8 Å². The number of Topliss-reactive ketones (excluding diaryl/α,β-unsaturated/α-hetero) is 2. The molecule has 35 heavy (non-hydrogen) atoms. The van der Waals surface area contributed by atoms with Crippen LogP contribution < -0.4 is 0 Å². The summed E-state index contributed by atoms with van der Waals surface area (Å²) in [6, 6.07) is 8.30. The van der Waals surface area contributed by atoms with Crippen LogP contribution in [0.15, 0.2) is 52.8 Å². The molecular formula is C26H30N2O7. The predicted molar refractivity (Wildman–Crippen MR) is 125 cm³/mol. The van der Waals surface area contributed by atoms with Crippen molar-refractivity contribution >= 4 is 23.6 Å². The molecule has 1 fully saturated rings. The number of hydrogen-bond acceptors (Lipinski definition) is 7. The van der Waals surface area contributed by atoms with Gasteiger partial charge in [0.25, 0.3) is 0 Å². The molecule has 0 N–H and O–H groups in total. The molecule has 0 radical (unpaired) electrons. The Balaban J connectivity index is 1.65. The number of piperazine rings is 1. The van der Waals surface area contributed by atoms with Crippen molar-refractivity contribution in [2.45, 2.75) is 52.0 Å². The van der Waals surface area contributed by atoms with Gasteiger partial charge in [-0.1, -0.05) is 30.3 Å². The summed E-state index contributed by atoms with van der Waals surface area (Å²) < 4.78 is 16.5. The van der Waals surface area contributed by atoms with Crippen LogP contribution >= 0.6 is 0 Å². The van der Waals surface area contributed by atoms with E-state index in [9.17, 15) is 19.2 Å². The number of amides is 2. The molecule has 2 amide bonds. The topological polar surface area (TPSA) is 102 Å². The van der Waals surface area contributed by atoms with Gasteiger partial charge in [-0.15, -0.1) is 0 Å². The average molecular weight is 483 g/mol. The zero-order chi connectivity index (χ0) is 25.3. The van der Waals surface area contributed by atoms with Crippen LogP contribution in [-0.2, 0) is 35.2 Å². The summed E-state index contributed by atoms with van der Waals surface area (Å²) in [5.41, 5.74) is 1.79. The number of methoxy groups -OCH3 is 1. The molecule has 2 heterocycles. The van der Waals surface area contributed by atoms with Crippen molar-refractivity contribution in [1.29, 1.82) is 0 Å². The Bertz CT molecular complexity index is 1110. The zero-order valence-electron chi connectivity index (χ0n) is 20.4. The molecule has 0 unspecified atom stereocenters. The lowest BCUT2D eigenvalue weighted by molar-refractivity contribution is -0.145. The van der Waals surface area contributed by atoms with Crippen molar-refractivity contribution in [3.05, 3.63) is 58.4 Å². The number of ketones is 2. The van der Waals surface area contributed by atoms with E-state index in [4.69, 9.17) is 14.2 Å². The lowest BCUT2D eigenvalue weighted by atomic mass is 9.77. The molecule has 9 heteroatoms. The smallest absolute Gasteiger partial charge is 0.410 e. The Labute approximate surface area is 204 Å². The van der Waals surface area contributed by atoms with Gasteiger partial charge in [0.05, 0.1) is 38.5 Å². The molecule has 2 atom stereocenters. The summed E-state index contributed by atoms with van der Waals surface area (Å²) in [7, 11) is 1.35. The van der Waals surface area contributed by atoms with E-state index in [0.717, 1.165) is 5.56 Å². The van der Waals surface area contributed by atoms with E-state index in [1.54, 1.807) is 25.7 Å². The average Bonchev–Trinajstić information content (AvgIpc) is 2.82. The summed E-state index contributed by atoms with van der Waals surface area (Å²) in [6.07, 6.45) is -0.734. The van der Waals surface area contributed by atoms with Crippen LogP contribution in [-0.4, -0.2) is 78.4 Å². The monoisotopic (exact) mass is 482 g/mol. The van der Waals surface area contributed by atoms with Gasteiger partial charge in [-0.2, -0.15) is 0 Å². The Morgan fingerprint density at radius 3 is 2.49 bits per heavy atom. The first-order valence-electron chi connectivity index (χ1n) is 11.7. The first-order valence-corrected chi connectivity index (χ1v) is 11.7. The molecular weight excluding hydrogens is 452 g/mol. The third-order valence-electron chi connectivity index (χ3n) is 6.46. The van der Waals surface area contributed by atoms with Gasteiger partial charge in [0.2, 0.25) is 11.7 Å². The van der Waals surface area contributed by atoms with E-state index >= 15 is 0 Å². The van der Waals surface area contributed by atoms with Gasteiger partial charge in [0.15, 0.2) is 11.5 Å². The third-order valence-corrected chi connectivity index (χ3v) is 6.46. The van der Waals surface area contributed by atoms with Gasteiger partial charge in [-0.05, 0) is 32.8 Å². The van der Waals surface area contributed by atoms with Gasteiger partial charge in [-0.25, -0.2) is 4.79 Å². The first-order chi connectivity index (χ1) is 16.7. The van der Waals surface area contributed by atoms with Crippen molar-refractivity contribution in [3.8, 4) is 0 Å². The molecule has 1 saturated heterocycles. The Morgan fingerprint density at radius 1 is 1.11 bits per heavy atom. The van der Waals surface area contributed by atoms with Crippen molar-refractivity contribution in [2.24, 2.45) is 0 Å². The third kappa shape index (κ3) is 4.73. The van der Waals surface area contributed by atoms with Crippen LogP contribution in [0.3, 0.4) is 0 Å². The minimum atomic E-state index is -0.766. The fraction of sp³-hybridized carbons (Fsp3) is 0.462. The van der Waals surface area contributed by atoms with Gasteiger partial charge in [0.1, 0.15) is 6.54 Å². The normalized spacial score (nSPS) is 22.5. The number of carbonyl (C=O) groups excluding carboxylic acids is 4. The zero-order valence-corrected chi connectivity index (χ0v) is 20.4. The summed E-state index contributed by atoms with van der Waals surface area (Å²) in [4.78, 5) is 55.4. The second kappa shape index (κ2) is 10.0. The van der Waals surface area contributed by atoms with E-state index < -0.39 is 24.0 Å². The lowest BCUT2D eigenvalue weighted by Gasteiger charge is -2.49. The summed E-state index contributed by atoms with van der Waals surface area (Å²) >= 11 is 0. The fourth-order valence-corrected chi connectivity index (χ4v) is 4.95. The van der Waals surface area contributed by atoms with Crippen molar-refractivity contribution < 1.29 is 33.4 Å². The number of allylic oxidation sites excluding steroid dienone is 2. The maximum atomic E-state index is 13.4. The lowest BCUT2D eigenvalue weighted by Crippen LogP contribution is -2.65. The number of carbonyl (C=O) groups is 4. The van der Waals surface area contributed by atoms with E-state index in [-0.39, 0.29) is 67.4 Å². The second-order valence-electron chi connectivity index (χ2n) is 9.20. The van der Waals surface area contributed by atoms with Gasteiger partial charge < -0.3 is 19.1 Å². The number of rotatable bonds is 6. The number of nitrogens with zero attached hydrogens (tertiary/aromatic N) is 2. The molecule has 0 aromatic heterocycles. The highest BCUT2D eigenvalue weighted by atomic mass is 16.6. The quantitative estimate of drug-likeness (QED) is 0.574. The van der Waals surface area contributed by atoms with Crippen molar-refractivity contribution in [1.82, 2.24) is 9.80 Å². The van der Waals surface area contributed by atoms with Crippen molar-refractivity contribution in [3.63, 3.8) is 0 Å². The molecule has 2 aliphatic heterocycles. The van der Waals surface area contributed by atoms with Crippen LogP contribution in [0.4, 0.5) is 4.79 Å². The minimum absolute atomic E-state index is 0.00754. The molecule has 3 aliphatic rings. The summed E-state index contributed by atoms with van der Waals surface area (Å²) in [6.45, 7) is 5.38. The van der Waals surface area contributed by atoms with Crippen LogP contribution in [0.2, 0.25) is 0 Å². The highest BCUT2D eigenvalue weighted by molar-refractivity contribution is 6.25.